The lowest BCUT2D eigenvalue weighted by Crippen LogP contribution is -2.34. The first-order valence-electron chi connectivity index (χ1n) is 9.45. The number of carbonyl (C=O) groups is 2. The first-order chi connectivity index (χ1) is 14.9. The monoisotopic (exact) mass is 475 g/mol. The maximum atomic E-state index is 14.3. The largest absolute Gasteiger partial charge is 0.405 e. The third-order valence-corrected chi connectivity index (χ3v) is 6.45. The molecule has 7 nitrogen and oxygen atoms in total. The lowest BCUT2D eigenvalue weighted by atomic mass is 10.1. The molecule has 0 saturated heterocycles. The van der Waals surface area contributed by atoms with Gasteiger partial charge < -0.3 is 10.6 Å². The van der Waals surface area contributed by atoms with E-state index in [1.807, 2.05) is 0 Å². The van der Waals surface area contributed by atoms with Crippen molar-refractivity contribution in [3.63, 3.8) is 0 Å². The molecule has 0 heterocycles. The Balaban J connectivity index is 2.33. The topological polar surface area (TPSA) is 95.6 Å². The number of nitrogens with zero attached hydrogens (tertiary/aromatic N) is 1. The Bertz CT molecular complexity index is 1100. The number of sulfonamides is 1. The number of rotatable bonds is 8. The lowest BCUT2D eigenvalue weighted by Gasteiger charge is -2.19. The SMILES string of the molecule is CCN(CC)S(=O)(=O)c1cc(C(=O)Nc2ccccc2C(=O)NCC(F)(F)F)ccc1F. The number of halogens is 4. The van der Waals surface area contributed by atoms with E-state index in [1.54, 1.807) is 19.2 Å². The second-order valence-electron chi connectivity index (χ2n) is 6.53. The summed E-state index contributed by atoms with van der Waals surface area (Å²) >= 11 is 0. The second kappa shape index (κ2) is 10.1. The summed E-state index contributed by atoms with van der Waals surface area (Å²) in [6, 6.07) is 8.08. The summed E-state index contributed by atoms with van der Waals surface area (Å²) in [7, 11) is -4.20. The zero-order chi connectivity index (χ0) is 24.1. The minimum absolute atomic E-state index is 0.0924. The van der Waals surface area contributed by atoms with Crippen molar-refractivity contribution in [1.29, 1.82) is 0 Å². The highest BCUT2D eigenvalue weighted by molar-refractivity contribution is 7.89. The molecular formula is C20H21F4N3O4S. The number of para-hydroxylation sites is 1. The average molecular weight is 475 g/mol. The van der Waals surface area contributed by atoms with Crippen molar-refractivity contribution in [2.75, 3.05) is 25.0 Å². The van der Waals surface area contributed by atoms with Crippen LogP contribution in [0.4, 0.5) is 23.2 Å². The molecule has 2 N–H and O–H groups in total. The first-order valence-corrected chi connectivity index (χ1v) is 10.9. The van der Waals surface area contributed by atoms with Crippen LogP contribution in [-0.4, -0.2) is 50.3 Å². The average Bonchev–Trinajstić information content (AvgIpc) is 2.72. The molecule has 0 aromatic heterocycles. The molecule has 0 radical (unpaired) electrons. The third-order valence-electron chi connectivity index (χ3n) is 4.39. The van der Waals surface area contributed by atoms with Crippen molar-refractivity contribution in [3.8, 4) is 0 Å². The van der Waals surface area contributed by atoms with Gasteiger partial charge in [-0.25, -0.2) is 12.8 Å². The molecule has 0 aliphatic heterocycles. The van der Waals surface area contributed by atoms with E-state index in [0.29, 0.717) is 0 Å². The summed E-state index contributed by atoms with van der Waals surface area (Å²) in [6.45, 7) is 1.79. The smallest absolute Gasteiger partial charge is 0.343 e. The minimum Gasteiger partial charge on any atom is -0.343 e. The molecule has 0 spiro atoms. The molecule has 12 heteroatoms. The number of hydrogen-bond donors (Lipinski definition) is 2. The van der Waals surface area contributed by atoms with Gasteiger partial charge in [0.1, 0.15) is 17.3 Å². The summed E-state index contributed by atoms with van der Waals surface area (Å²) in [5.74, 6) is -2.99. The van der Waals surface area contributed by atoms with Crippen LogP contribution in [0.25, 0.3) is 0 Å². The Morgan fingerprint density at radius 2 is 1.62 bits per heavy atom. The molecular weight excluding hydrogens is 454 g/mol. The highest BCUT2D eigenvalue weighted by Gasteiger charge is 2.29. The number of hydrogen-bond acceptors (Lipinski definition) is 4. The molecule has 2 rings (SSSR count). The zero-order valence-corrected chi connectivity index (χ0v) is 18.0. The molecule has 174 valence electrons. The van der Waals surface area contributed by atoms with Crippen LogP contribution < -0.4 is 10.6 Å². The molecule has 32 heavy (non-hydrogen) atoms. The van der Waals surface area contributed by atoms with Crippen LogP contribution in [0.1, 0.15) is 34.6 Å². The van der Waals surface area contributed by atoms with Gasteiger partial charge >= 0.3 is 6.18 Å². The minimum atomic E-state index is -4.62. The van der Waals surface area contributed by atoms with E-state index in [2.05, 4.69) is 5.32 Å². The molecule has 0 bridgehead atoms. The van der Waals surface area contributed by atoms with Gasteiger partial charge in [-0.05, 0) is 30.3 Å². The van der Waals surface area contributed by atoms with Gasteiger partial charge in [-0.15, -0.1) is 0 Å². The Morgan fingerprint density at radius 1 is 1.00 bits per heavy atom. The second-order valence-corrected chi connectivity index (χ2v) is 8.44. The van der Waals surface area contributed by atoms with Crippen molar-refractivity contribution >= 4 is 27.5 Å². The van der Waals surface area contributed by atoms with E-state index < -0.39 is 45.3 Å². The summed E-state index contributed by atoms with van der Waals surface area (Å²) in [6.07, 6.45) is -4.62. The summed E-state index contributed by atoms with van der Waals surface area (Å²) in [5.41, 5.74) is -0.555. The Morgan fingerprint density at radius 3 is 2.22 bits per heavy atom. The number of alkyl halides is 3. The molecule has 0 atom stereocenters. The molecule has 0 unspecified atom stereocenters. The normalized spacial score (nSPS) is 12.0. The van der Waals surface area contributed by atoms with Crippen molar-refractivity contribution in [2.45, 2.75) is 24.9 Å². The van der Waals surface area contributed by atoms with Crippen molar-refractivity contribution in [1.82, 2.24) is 9.62 Å². The fourth-order valence-corrected chi connectivity index (χ4v) is 4.35. The van der Waals surface area contributed by atoms with Crippen molar-refractivity contribution in [3.05, 3.63) is 59.4 Å². The molecule has 2 amide bonds. The number of carbonyl (C=O) groups excluding carboxylic acids is 2. The molecule has 2 aromatic carbocycles. The number of anilines is 1. The van der Waals surface area contributed by atoms with E-state index in [0.717, 1.165) is 22.5 Å². The number of benzene rings is 2. The molecule has 0 fully saturated rings. The van der Waals surface area contributed by atoms with E-state index >= 15 is 0 Å². The van der Waals surface area contributed by atoms with Gasteiger partial charge in [0.15, 0.2) is 0 Å². The van der Waals surface area contributed by atoms with Gasteiger partial charge in [0.25, 0.3) is 11.8 Å². The summed E-state index contributed by atoms with van der Waals surface area (Å²) in [5, 5.41) is 4.05. The van der Waals surface area contributed by atoms with E-state index in [4.69, 9.17) is 0 Å². The van der Waals surface area contributed by atoms with Crippen LogP contribution >= 0.6 is 0 Å². The summed E-state index contributed by atoms with van der Waals surface area (Å²) in [4.78, 5) is 24.1. The van der Waals surface area contributed by atoms with E-state index in [-0.39, 0.29) is 29.9 Å². The molecule has 0 saturated carbocycles. The predicted octanol–water partition coefficient (Wildman–Crippen LogP) is 3.40. The first kappa shape index (κ1) is 25.3. The quantitative estimate of drug-likeness (QED) is 0.572. The fraction of sp³-hybridized carbons (Fsp3) is 0.300. The van der Waals surface area contributed by atoms with Crippen molar-refractivity contribution < 1.29 is 35.6 Å². The van der Waals surface area contributed by atoms with E-state index in [1.165, 1.54) is 24.3 Å². The lowest BCUT2D eigenvalue weighted by molar-refractivity contribution is -0.123. The fourth-order valence-electron chi connectivity index (χ4n) is 2.81. The van der Waals surface area contributed by atoms with Gasteiger partial charge in [0.2, 0.25) is 10.0 Å². The van der Waals surface area contributed by atoms with Gasteiger partial charge in [-0.2, -0.15) is 17.5 Å². The van der Waals surface area contributed by atoms with Gasteiger partial charge in [0.05, 0.1) is 11.3 Å². The highest BCUT2D eigenvalue weighted by atomic mass is 32.2. The molecule has 0 aliphatic carbocycles. The van der Waals surface area contributed by atoms with Crippen LogP contribution in [0.2, 0.25) is 0 Å². The van der Waals surface area contributed by atoms with E-state index in [9.17, 15) is 35.6 Å². The zero-order valence-electron chi connectivity index (χ0n) is 17.2. The Hall–Kier alpha value is -2.99. The molecule has 2 aromatic rings. The maximum Gasteiger partial charge on any atom is 0.405 e. The molecule has 0 aliphatic rings. The van der Waals surface area contributed by atoms with Crippen LogP contribution in [0.15, 0.2) is 47.4 Å². The maximum absolute atomic E-state index is 14.3. The standard InChI is InChI=1S/C20H21F4N3O4S/c1-3-27(4-2)32(30,31)17-11-13(9-10-15(17)21)18(28)26-16-8-6-5-7-14(16)19(29)25-12-20(22,23)24/h5-11H,3-4,12H2,1-2H3,(H,25,29)(H,26,28). The Labute approximate surface area is 182 Å². The van der Waals surface area contributed by atoms with Crippen LogP contribution in [0, 0.1) is 5.82 Å². The van der Waals surface area contributed by atoms with Crippen LogP contribution in [0.3, 0.4) is 0 Å². The third kappa shape index (κ3) is 6.04. The van der Waals surface area contributed by atoms with Crippen LogP contribution in [0.5, 0.6) is 0 Å². The van der Waals surface area contributed by atoms with Crippen molar-refractivity contribution in [2.24, 2.45) is 0 Å². The Kier molecular flexibility index (Phi) is 7.97. The number of amides is 2. The van der Waals surface area contributed by atoms with Gasteiger partial charge in [-0.1, -0.05) is 26.0 Å². The summed E-state index contributed by atoms with van der Waals surface area (Å²) < 4.78 is 77.7. The highest BCUT2D eigenvalue weighted by Crippen LogP contribution is 2.23. The number of nitrogens with one attached hydrogen (secondary N) is 2. The van der Waals surface area contributed by atoms with Gasteiger partial charge in [-0.3, -0.25) is 9.59 Å². The van der Waals surface area contributed by atoms with Gasteiger partial charge in [0, 0.05) is 18.7 Å². The van der Waals surface area contributed by atoms with Crippen LogP contribution in [-0.2, 0) is 10.0 Å². The predicted molar refractivity (Wildman–Crippen MR) is 109 cm³/mol.